The zero-order chi connectivity index (χ0) is 17.1. The monoisotopic (exact) mass is 376 g/mol. The van der Waals surface area contributed by atoms with E-state index >= 15 is 0 Å². The molecule has 3 rings (SSSR count). The van der Waals surface area contributed by atoms with Gasteiger partial charge in [-0.2, -0.15) is 0 Å². The zero-order valence-corrected chi connectivity index (χ0v) is 15.2. The molecule has 0 aliphatic carbocycles. The highest BCUT2D eigenvalue weighted by molar-refractivity contribution is 7.13. The van der Waals surface area contributed by atoms with Gasteiger partial charge in [0.25, 0.3) is 5.91 Å². The normalized spacial score (nSPS) is 10.6. The second kappa shape index (κ2) is 7.34. The first-order valence-electron chi connectivity index (χ1n) is 7.28. The number of hydrogen-bond donors (Lipinski definition) is 1. The largest absolute Gasteiger partial charge is 0.346 e. The van der Waals surface area contributed by atoms with Crippen molar-refractivity contribution in [3.8, 4) is 10.6 Å². The van der Waals surface area contributed by atoms with Gasteiger partial charge >= 0.3 is 0 Å². The number of hydrogen-bond acceptors (Lipinski definition) is 3. The molecule has 3 nitrogen and oxygen atoms in total. The van der Waals surface area contributed by atoms with Gasteiger partial charge in [0.15, 0.2) is 0 Å². The number of carbonyl (C=O) groups is 1. The van der Waals surface area contributed by atoms with Crippen LogP contribution >= 0.6 is 34.5 Å². The summed E-state index contributed by atoms with van der Waals surface area (Å²) in [6.45, 7) is 2.39. The Kier molecular flexibility index (Phi) is 5.19. The average Bonchev–Trinajstić information content (AvgIpc) is 3.04. The number of amides is 1. The SMILES string of the molecule is Cc1ccccc1-c1nc(CNC(=O)c2cc(Cl)ccc2Cl)cs1. The van der Waals surface area contributed by atoms with Crippen molar-refractivity contribution in [1.82, 2.24) is 10.3 Å². The minimum atomic E-state index is -0.270. The number of halogens is 2. The van der Waals surface area contributed by atoms with Crippen LogP contribution in [0.15, 0.2) is 47.8 Å². The van der Waals surface area contributed by atoms with Gasteiger partial charge in [0, 0.05) is 16.0 Å². The molecular formula is C18H14Cl2N2OS. The van der Waals surface area contributed by atoms with Crippen molar-refractivity contribution < 1.29 is 4.79 Å². The molecule has 122 valence electrons. The first-order chi connectivity index (χ1) is 11.5. The summed E-state index contributed by atoms with van der Waals surface area (Å²) in [6.07, 6.45) is 0. The highest BCUT2D eigenvalue weighted by Gasteiger charge is 2.12. The quantitative estimate of drug-likeness (QED) is 0.666. The van der Waals surface area contributed by atoms with Crippen molar-refractivity contribution in [3.63, 3.8) is 0 Å². The Balaban J connectivity index is 1.71. The molecule has 0 unspecified atom stereocenters. The number of nitrogens with zero attached hydrogens (tertiary/aromatic N) is 1. The molecule has 0 saturated heterocycles. The standard InChI is InChI=1S/C18H14Cl2N2OS/c1-11-4-2-3-5-14(11)18-22-13(10-24-18)9-21-17(23)15-8-12(19)6-7-16(15)20/h2-8,10H,9H2,1H3,(H,21,23). The highest BCUT2D eigenvalue weighted by Crippen LogP contribution is 2.26. The van der Waals surface area contributed by atoms with Crippen molar-refractivity contribution in [1.29, 1.82) is 0 Å². The van der Waals surface area contributed by atoms with Crippen LogP contribution in [-0.2, 0) is 6.54 Å². The molecule has 0 bridgehead atoms. The van der Waals surface area contributed by atoms with Crippen LogP contribution < -0.4 is 5.32 Å². The predicted molar refractivity (Wildman–Crippen MR) is 99.9 cm³/mol. The maximum atomic E-state index is 12.2. The lowest BCUT2D eigenvalue weighted by molar-refractivity contribution is 0.0950. The van der Waals surface area contributed by atoms with Gasteiger partial charge in [0.05, 0.1) is 22.8 Å². The summed E-state index contributed by atoms with van der Waals surface area (Å²) in [4.78, 5) is 16.8. The first-order valence-corrected chi connectivity index (χ1v) is 8.92. The van der Waals surface area contributed by atoms with Gasteiger partial charge in [-0.05, 0) is 30.7 Å². The fourth-order valence-corrected chi connectivity index (χ4v) is 3.55. The van der Waals surface area contributed by atoms with Crippen LogP contribution in [0.2, 0.25) is 10.0 Å². The van der Waals surface area contributed by atoms with Gasteiger partial charge in [0.1, 0.15) is 5.01 Å². The summed E-state index contributed by atoms with van der Waals surface area (Å²) in [7, 11) is 0. The van der Waals surface area contributed by atoms with Crippen molar-refractivity contribution in [2.24, 2.45) is 0 Å². The molecule has 3 aromatic rings. The summed E-state index contributed by atoms with van der Waals surface area (Å²) in [5.41, 5.74) is 3.45. The molecule has 0 atom stereocenters. The van der Waals surface area contributed by atoms with E-state index in [2.05, 4.69) is 23.3 Å². The van der Waals surface area contributed by atoms with E-state index in [0.717, 1.165) is 16.3 Å². The molecule has 0 aliphatic rings. The van der Waals surface area contributed by atoms with Gasteiger partial charge in [-0.1, -0.05) is 47.5 Å². The summed E-state index contributed by atoms with van der Waals surface area (Å²) < 4.78 is 0. The number of rotatable bonds is 4. The number of carbonyl (C=O) groups excluding carboxylic acids is 1. The second-order valence-corrected chi connectivity index (χ2v) is 6.97. The lowest BCUT2D eigenvalue weighted by Crippen LogP contribution is -2.23. The minimum Gasteiger partial charge on any atom is -0.346 e. The summed E-state index contributed by atoms with van der Waals surface area (Å²) >= 11 is 13.5. The van der Waals surface area contributed by atoms with Crippen LogP contribution in [0.4, 0.5) is 0 Å². The summed E-state index contributed by atoms with van der Waals surface area (Å²) in [6, 6.07) is 12.9. The third-order valence-electron chi connectivity index (χ3n) is 3.53. The van der Waals surface area contributed by atoms with Crippen molar-refractivity contribution in [3.05, 3.63) is 74.7 Å². The van der Waals surface area contributed by atoms with Gasteiger partial charge in [0.2, 0.25) is 0 Å². The number of benzene rings is 2. The fourth-order valence-electron chi connectivity index (χ4n) is 2.26. The Morgan fingerprint density at radius 2 is 2.00 bits per heavy atom. The second-order valence-electron chi connectivity index (χ2n) is 5.27. The summed E-state index contributed by atoms with van der Waals surface area (Å²) in [5.74, 6) is -0.270. The molecule has 0 spiro atoms. The molecule has 1 amide bonds. The van der Waals surface area contributed by atoms with Crippen LogP contribution in [-0.4, -0.2) is 10.9 Å². The Morgan fingerprint density at radius 1 is 1.21 bits per heavy atom. The van der Waals surface area contributed by atoms with E-state index in [-0.39, 0.29) is 5.91 Å². The molecule has 1 heterocycles. The van der Waals surface area contributed by atoms with E-state index in [1.807, 2.05) is 23.6 Å². The van der Waals surface area contributed by atoms with E-state index in [1.165, 1.54) is 5.56 Å². The van der Waals surface area contributed by atoms with E-state index in [4.69, 9.17) is 23.2 Å². The molecule has 0 fully saturated rings. The first kappa shape index (κ1) is 17.0. The van der Waals surface area contributed by atoms with Gasteiger partial charge in [-0.15, -0.1) is 11.3 Å². The molecule has 1 N–H and O–H groups in total. The Hall–Kier alpha value is -1.88. The van der Waals surface area contributed by atoms with E-state index in [1.54, 1.807) is 29.5 Å². The maximum absolute atomic E-state index is 12.2. The zero-order valence-electron chi connectivity index (χ0n) is 12.8. The van der Waals surface area contributed by atoms with E-state index in [0.29, 0.717) is 22.2 Å². The Morgan fingerprint density at radius 3 is 2.79 bits per heavy atom. The van der Waals surface area contributed by atoms with Crippen LogP contribution in [0.5, 0.6) is 0 Å². The minimum absolute atomic E-state index is 0.270. The topological polar surface area (TPSA) is 42.0 Å². The average molecular weight is 377 g/mol. The molecule has 6 heteroatoms. The van der Waals surface area contributed by atoms with Crippen molar-refractivity contribution in [2.75, 3.05) is 0 Å². The number of aromatic nitrogens is 1. The Bertz CT molecular complexity index is 892. The third kappa shape index (κ3) is 3.78. The fraction of sp³-hybridized carbons (Fsp3) is 0.111. The van der Waals surface area contributed by atoms with E-state index in [9.17, 15) is 4.79 Å². The number of thiazole rings is 1. The lowest BCUT2D eigenvalue weighted by Gasteiger charge is -2.06. The van der Waals surface area contributed by atoms with Crippen LogP contribution in [0, 0.1) is 6.92 Å². The smallest absolute Gasteiger partial charge is 0.253 e. The van der Waals surface area contributed by atoms with Crippen LogP contribution in [0.3, 0.4) is 0 Å². The van der Waals surface area contributed by atoms with E-state index < -0.39 is 0 Å². The molecule has 2 aromatic carbocycles. The van der Waals surface area contributed by atoms with Crippen molar-refractivity contribution >= 4 is 40.4 Å². The molecule has 1 aromatic heterocycles. The maximum Gasteiger partial charge on any atom is 0.253 e. The highest BCUT2D eigenvalue weighted by atomic mass is 35.5. The molecule has 24 heavy (non-hydrogen) atoms. The molecular weight excluding hydrogens is 363 g/mol. The van der Waals surface area contributed by atoms with Crippen LogP contribution in [0.1, 0.15) is 21.6 Å². The third-order valence-corrected chi connectivity index (χ3v) is 5.02. The molecule has 0 saturated carbocycles. The molecule has 0 radical (unpaired) electrons. The van der Waals surface area contributed by atoms with Crippen molar-refractivity contribution in [2.45, 2.75) is 13.5 Å². The van der Waals surface area contributed by atoms with Gasteiger partial charge in [-0.25, -0.2) is 4.98 Å². The number of nitrogens with one attached hydrogen (secondary N) is 1. The number of aryl methyl sites for hydroxylation is 1. The van der Waals surface area contributed by atoms with Gasteiger partial charge in [-0.3, -0.25) is 4.79 Å². The predicted octanol–water partition coefficient (Wildman–Crippen LogP) is 5.36. The van der Waals surface area contributed by atoms with Crippen LogP contribution in [0.25, 0.3) is 10.6 Å². The molecule has 0 aliphatic heterocycles. The summed E-state index contributed by atoms with van der Waals surface area (Å²) in [5, 5.41) is 6.56. The Labute approximate surface area is 154 Å². The van der Waals surface area contributed by atoms with Gasteiger partial charge < -0.3 is 5.32 Å². The lowest BCUT2D eigenvalue weighted by atomic mass is 10.1.